The Kier molecular flexibility index (Phi) is 5.10. The lowest BCUT2D eigenvalue weighted by Crippen LogP contribution is -2.32. The molecule has 0 fully saturated rings. The molecule has 0 spiro atoms. The van der Waals surface area contributed by atoms with Gasteiger partial charge in [0.2, 0.25) is 0 Å². The van der Waals surface area contributed by atoms with Crippen LogP contribution < -0.4 is 11.2 Å². The molecule has 28 heavy (non-hydrogen) atoms. The Morgan fingerprint density at radius 2 is 1.86 bits per heavy atom. The maximum Gasteiger partial charge on any atom is 0.342 e. The van der Waals surface area contributed by atoms with Gasteiger partial charge in [-0.1, -0.05) is 59.6 Å². The predicted octanol–water partition coefficient (Wildman–Crippen LogP) is 2.88. The molecule has 1 atom stereocenters. The number of H-pyrrole nitrogens is 1. The van der Waals surface area contributed by atoms with E-state index in [1.807, 2.05) is 11.1 Å². The Balaban J connectivity index is 2.16. The van der Waals surface area contributed by atoms with Gasteiger partial charge in [0.15, 0.2) is 4.87 Å². The van der Waals surface area contributed by atoms with Gasteiger partial charge in [-0.25, -0.2) is 9.59 Å². The average Bonchev–Trinajstić information content (AvgIpc) is 2.67. The van der Waals surface area contributed by atoms with Crippen LogP contribution in [0.1, 0.15) is 21.5 Å². The number of hydrogen-bond donors (Lipinski definition) is 2. The Bertz CT molecular complexity index is 1230. The highest BCUT2D eigenvalue weighted by Gasteiger charge is 2.34. The quantitative estimate of drug-likeness (QED) is 0.635. The van der Waals surface area contributed by atoms with Crippen LogP contribution in [0, 0.1) is 11.3 Å². The van der Waals surface area contributed by atoms with E-state index in [1.165, 1.54) is 18.2 Å². The van der Waals surface area contributed by atoms with Crippen molar-refractivity contribution in [1.82, 2.24) is 9.55 Å². The summed E-state index contributed by atoms with van der Waals surface area (Å²) < 4.78 is 0.936. The van der Waals surface area contributed by atoms with Gasteiger partial charge in [0.05, 0.1) is 11.8 Å². The topological polar surface area (TPSA) is 116 Å². The lowest BCUT2D eigenvalue weighted by Gasteiger charge is -2.22. The van der Waals surface area contributed by atoms with Crippen LogP contribution in [0.3, 0.4) is 0 Å². The summed E-state index contributed by atoms with van der Waals surface area (Å²) in [6.07, 6.45) is 0.907. The van der Waals surface area contributed by atoms with Crippen molar-refractivity contribution < 1.29 is 9.90 Å². The van der Waals surface area contributed by atoms with Crippen molar-refractivity contribution in [3.05, 3.63) is 97.3 Å². The van der Waals surface area contributed by atoms with Gasteiger partial charge in [0.1, 0.15) is 5.56 Å². The van der Waals surface area contributed by atoms with E-state index in [0.717, 1.165) is 10.8 Å². The number of nitrogens with one attached hydrogen (secondary N) is 1. The van der Waals surface area contributed by atoms with E-state index in [-0.39, 0.29) is 10.7 Å². The fourth-order valence-corrected chi connectivity index (χ4v) is 3.35. The number of carboxylic acid groups (broad SMARTS) is 1. The number of carboxylic acids is 1. The van der Waals surface area contributed by atoms with Crippen LogP contribution in [0.5, 0.6) is 0 Å². The number of carbonyl (C=O) groups is 1. The van der Waals surface area contributed by atoms with Crippen LogP contribution in [0.2, 0.25) is 5.02 Å². The molecule has 0 radical (unpaired) electrons. The number of nitrogens with zero attached hydrogens (tertiary/aromatic N) is 2. The van der Waals surface area contributed by atoms with Gasteiger partial charge in [0.25, 0.3) is 5.56 Å². The highest BCUT2D eigenvalue weighted by atomic mass is 35.5. The van der Waals surface area contributed by atoms with E-state index >= 15 is 0 Å². The van der Waals surface area contributed by atoms with Crippen molar-refractivity contribution in [3.8, 4) is 11.8 Å². The molecule has 0 bridgehead atoms. The number of hydrogen-bond acceptors (Lipinski definition) is 4. The van der Waals surface area contributed by atoms with Crippen LogP contribution in [-0.4, -0.2) is 20.6 Å². The summed E-state index contributed by atoms with van der Waals surface area (Å²) in [6.45, 7) is 0. The number of benzene rings is 2. The molecule has 0 aliphatic heterocycles. The van der Waals surface area contributed by atoms with Crippen LogP contribution in [-0.2, 0) is 4.87 Å². The van der Waals surface area contributed by atoms with Crippen molar-refractivity contribution in [2.75, 3.05) is 0 Å². The van der Waals surface area contributed by atoms with Crippen LogP contribution in [0.15, 0.2) is 64.3 Å². The molecule has 2 aromatic carbocycles. The van der Waals surface area contributed by atoms with Crippen molar-refractivity contribution in [2.24, 2.45) is 0 Å². The number of aromatic amines is 1. The van der Waals surface area contributed by atoms with Crippen LogP contribution in [0.25, 0.3) is 5.69 Å². The highest BCUT2D eigenvalue weighted by molar-refractivity contribution is 6.35. The van der Waals surface area contributed by atoms with Crippen molar-refractivity contribution in [2.45, 2.75) is 4.87 Å². The highest BCUT2D eigenvalue weighted by Crippen LogP contribution is 2.40. The molecule has 0 saturated heterocycles. The molecule has 140 valence electrons. The summed E-state index contributed by atoms with van der Waals surface area (Å²) in [5.41, 5.74) is -1.44. The molecule has 1 heterocycles. The fraction of sp³-hybridized carbons (Fsp3) is 0.0526. The van der Waals surface area contributed by atoms with E-state index < -0.39 is 27.7 Å². The normalized spacial score (nSPS) is 12.8. The Hall–Kier alpha value is -3.34. The molecule has 9 heteroatoms. The molecule has 7 nitrogen and oxygen atoms in total. The van der Waals surface area contributed by atoms with E-state index in [4.69, 9.17) is 28.3 Å². The van der Waals surface area contributed by atoms with E-state index in [9.17, 15) is 19.6 Å². The number of nitriles is 1. The minimum atomic E-state index is -1.56. The number of rotatable bonds is 4. The van der Waals surface area contributed by atoms with Crippen LogP contribution >= 0.6 is 23.2 Å². The van der Waals surface area contributed by atoms with E-state index in [0.29, 0.717) is 11.1 Å². The van der Waals surface area contributed by atoms with E-state index in [2.05, 4.69) is 0 Å². The first-order chi connectivity index (χ1) is 13.3. The first-order valence-electron chi connectivity index (χ1n) is 7.83. The molecule has 3 aromatic rings. The standard InChI is InChI=1S/C19H11Cl2N3O4/c20-15-8-12(24-9-13(17(26)27)16(25)23-18(24)28)6-7-14(15)19(21,10-22)11-4-2-1-3-5-11/h1-9H,(H,26,27)(H,23,25,28). The van der Waals surface area contributed by atoms with Gasteiger partial charge >= 0.3 is 11.7 Å². The predicted molar refractivity (Wildman–Crippen MR) is 103 cm³/mol. The average molecular weight is 416 g/mol. The molecule has 3 rings (SSSR count). The molecular formula is C19H11Cl2N3O4. The Morgan fingerprint density at radius 3 is 2.43 bits per heavy atom. The lowest BCUT2D eigenvalue weighted by atomic mass is 9.91. The van der Waals surface area contributed by atoms with Gasteiger partial charge in [-0.2, -0.15) is 5.26 Å². The van der Waals surface area contributed by atoms with Gasteiger partial charge < -0.3 is 5.11 Å². The number of aromatic nitrogens is 2. The van der Waals surface area contributed by atoms with Gasteiger partial charge in [-0.3, -0.25) is 14.3 Å². The summed E-state index contributed by atoms with van der Waals surface area (Å²) in [7, 11) is 0. The summed E-state index contributed by atoms with van der Waals surface area (Å²) in [5.74, 6) is -1.48. The van der Waals surface area contributed by atoms with Crippen LogP contribution in [0.4, 0.5) is 0 Å². The molecule has 0 aliphatic rings. The minimum Gasteiger partial charge on any atom is -0.477 e. The largest absolute Gasteiger partial charge is 0.477 e. The summed E-state index contributed by atoms with van der Waals surface area (Å²) in [6, 6.07) is 14.9. The maximum atomic E-state index is 12.1. The molecule has 2 N–H and O–H groups in total. The van der Waals surface area contributed by atoms with Gasteiger partial charge in [-0.05, 0) is 17.7 Å². The van der Waals surface area contributed by atoms with E-state index in [1.54, 1.807) is 30.3 Å². The first-order valence-corrected chi connectivity index (χ1v) is 8.59. The second-order valence-electron chi connectivity index (χ2n) is 5.78. The molecule has 1 aromatic heterocycles. The SMILES string of the molecule is N#CC(Cl)(c1ccccc1)c1ccc(-n2cc(C(=O)O)c(=O)[nH]c2=O)cc1Cl. The van der Waals surface area contributed by atoms with Crippen molar-refractivity contribution >= 4 is 29.2 Å². The fourth-order valence-electron chi connectivity index (χ4n) is 2.70. The number of alkyl halides is 1. The zero-order chi connectivity index (χ0) is 20.5. The minimum absolute atomic E-state index is 0.0906. The molecule has 1 unspecified atom stereocenters. The second-order valence-corrected chi connectivity index (χ2v) is 6.75. The number of halogens is 2. The third-order valence-corrected chi connectivity index (χ3v) is 4.92. The lowest BCUT2D eigenvalue weighted by molar-refractivity contribution is 0.0694. The molecule has 0 saturated carbocycles. The third-order valence-electron chi connectivity index (χ3n) is 4.10. The third kappa shape index (κ3) is 3.31. The zero-order valence-electron chi connectivity index (χ0n) is 14.0. The summed E-state index contributed by atoms with van der Waals surface area (Å²) in [5, 5.41) is 18.8. The maximum absolute atomic E-state index is 12.1. The van der Waals surface area contributed by atoms with Gasteiger partial charge in [0, 0.05) is 16.8 Å². The first kappa shape index (κ1) is 19.4. The monoisotopic (exact) mass is 415 g/mol. The number of aromatic carboxylic acids is 1. The Labute approximate surface area is 168 Å². The molecule has 0 amide bonds. The van der Waals surface area contributed by atoms with Crippen molar-refractivity contribution in [3.63, 3.8) is 0 Å². The van der Waals surface area contributed by atoms with Crippen molar-refractivity contribution in [1.29, 1.82) is 5.26 Å². The summed E-state index contributed by atoms with van der Waals surface area (Å²) >= 11 is 12.9. The second kappa shape index (κ2) is 7.35. The van der Waals surface area contributed by atoms with Gasteiger partial charge in [-0.15, -0.1) is 0 Å². The molecule has 0 aliphatic carbocycles. The Morgan fingerprint density at radius 1 is 1.18 bits per heavy atom. The summed E-state index contributed by atoms with van der Waals surface area (Å²) in [4.78, 5) is 35.2. The zero-order valence-corrected chi connectivity index (χ0v) is 15.5. The smallest absolute Gasteiger partial charge is 0.342 e. The molecular weight excluding hydrogens is 405 g/mol.